The van der Waals surface area contributed by atoms with Crippen LogP contribution in [0.2, 0.25) is 0 Å². The third-order valence-electron chi connectivity index (χ3n) is 1.05. The molecule has 0 aromatic carbocycles. The first-order valence-electron chi connectivity index (χ1n) is 3.19. The molecule has 1 atom stereocenters. The van der Waals surface area contributed by atoms with E-state index in [0.29, 0.717) is 6.42 Å². The Kier molecular flexibility index (Phi) is 4.91. The molecule has 5 heteroatoms. The van der Waals surface area contributed by atoms with E-state index in [1.165, 1.54) is 0 Å². The maximum atomic E-state index is 10.7. The molecule has 0 saturated carbocycles. The predicted molar refractivity (Wildman–Crippen MR) is 37.8 cm³/mol. The van der Waals surface area contributed by atoms with E-state index in [9.17, 15) is 4.57 Å². The lowest BCUT2D eigenvalue weighted by molar-refractivity contribution is 0.0864. The summed E-state index contributed by atoms with van der Waals surface area (Å²) in [5, 5.41) is 8.15. The van der Waals surface area contributed by atoms with Gasteiger partial charge in [-0.1, -0.05) is 13.3 Å². The van der Waals surface area contributed by atoms with Gasteiger partial charge < -0.3 is 10.00 Å². The van der Waals surface area contributed by atoms with Gasteiger partial charge in [-0.05, 0) is 6.42 Å². The summed E-state index contributed by atoms with van der Waals surface area (Å²) in [4.78, 5) is 8.82. The molecule has 0 rings (SSSR count). The number of rotatable bonds is 5. The highest BCUT2D eigenvalue weighted by atomic mass is 31.2. The molecule has 0 bridgehead atoms. The Morgan fingerprint density at radius 3 is 2.60 bits per heavy atom. The van der Waals surface area contributed by atoms with Gasteiger partial charge in [0.25, 0.3) is 0 Å². The fraction of sp³-hybridized carbons (Fsp3) is 1.00. The van der Waals surface area contributed by atoms with E-state index < -0.39 is 14.4 Å². The zero-order valence-corrected chi connectivity index (χ0v) is 6.88. The summed E-state index contributed by atoms with van der Waals surface area (Å²) in [6.45, 7) is 1.23. The van der Waals surface area contributed by atoms with Crippen LogP contribution < -0.4 is 0 Å². The summed E-state index contributed by atoms with van der Waals surface area (Å²) < 4.78 is 14.9. The molecular weight excluding hydrogens is 155 g/mol. The van der Waals surface area contributed by atoms with E-state index in [0.717, 1.165) is 6.42 Å². The maximum absolute atomic E-state index is 10.7. The van der Waals surface area contributed by atoms with Gasteiger partial charge in [-0.25, -0.2) is 0 Å². The highest BCUT2D eigenvalue weighted by molar-refractivity contribution is 7.52. The fourth-order valence-electron chi connectivity index (χ4n) is 0.513. The van der Waals surface area contributed by atoms with Gasteiger partial charge in [-0.15, -0.1) is 0 Å². The van der Waals surface area contributed by atoms with Gasteiger partial charge in [0, 0.05) is 0 Å². The van der Waals surface area contributed by atoms with Crippen molar-refractivity contribution in [3.8, 4) is 0 Å². The number of hydrogen-bond acceptors (Lipinski definition) is 3. The van der Waals surface area contributed by atoms with E-state index in [1.54, 1.807) is 0 Å². The second kappa shape index (κ2) is 4.85. The van der Waals surface area contributed by atoms with E-state index in [-0.39, 0.29) is 6.16 Å². The normalized spacial score (nSPS) is 16.7. The number of hydrogen-bond donors (Lipinski definition) is 2. The quantitative estimate of drug-likeness (QED) is 0.473. The van der Waals surface area contributed by atoms with Crippen molar-refractivity contribution in [1.29, 1.82) is 0 Å². The van der Waals surface area contributed by atoms with Gasteiger partial charge in [0.15, 0.2) is 6.79 Å². The summed E-state index contributed by atoms with van der Waals surface area (Å²) in [5.41, 5.74) is 0. The van der Waals surface area contributed by atoms with Crippen LogP contribution in [0.3, 0.4) is 0 Å². The molecule has 1 unspecified atom stereocenters. The smallest absolute Gasteiger partial charge is 0.330 e. The molecule has 0 heterocycles. The van der Waals surface area contributed by atoms with E-state index in [4.69, 9.17) is 10.00 Å². The van der Waals surface area contributed by atoms with E-state index >= 15 is 0 Å². The van der Waals surface area contributed by atoms with Gasteiger partial charge in [0.1, 0.15) is 0 Å². The second-order valence-corrected chi connectivity index (χ2v) is 3.95. The molecule has 2 N–H and O–H groups in total. The molecule has 0 aliphatic rings. The van der Waals surface area contributed by atoms with Gasteiger partial charge in [0.05, 0.1) is 6.16 Å². The zero-order chi connectivity index (χ0) is 8.04. The lowest BCUT2D eigenvalue weighted by atomic mass is 10.4. The minimum atomic E-state index is -3.46. The number of unbranched alkanes of at least 4 members (excludes halogenated alkanes) is 1. The zero-order valence-electron chi connectivity index (χ0n) is 5.99. The van der Waals surface area contributed by atoms with Crippen molar-refractivity contribution in [3.05, 3.63) is 0 Å². The molecule has 0 radical (unpaired) electrons. The van der Waals surface area contributed by atoms with Crippen LogP contribution in [0.25, 0.3) is 0 Å². The summed E-state index contributed by atoms with van der Waals surface area (Å²) in [5.74, 6) is 0. The molecule has 10 heavy (non-hydrogen) atoms. The third-order valence-corrected chi connectivity index (χ3v) is 2.45. The highest BCUT2D eigenvalue weighted by Gasteiger charge is 2.16. The first-order valence-corrected chi connectivity index (χ1v) is 4.96. The Hall–Kier alpha value is 0.110. The number of aliphatic hydroxyl groups is 1. The topological polar surface area (TPSA) is 66.8 Å². The van der Waals surface area contributed by atoms with Crippen LogP contribution in [0.4, 0.5) is 0 Å². The minimum Gasteiger partial charge on any atom is -0.370 e. The minimum absolute atomic E-state index is 0.129. The average Bonchev–Trinajstić information content (AvgIpc) is 1.84. The number of aliphatic hydroxyl groups excluding tert-OH is 1. The maximum Gasteiger partial charge on any atom is 0.330 e. The molecule has 62 valence electrons. The molecule has 0 fully saturated rings. The molecule has 0 aromatic rings. The fourth-order valence-corrected chi connectivity index (χ4v) is 1.54. The molecule has 0 spiro atoms. The van der Waals surface area contributed by atoms with Crippen molar-refractivity contribution in [2.75, 3.05) is 13.0 Å². The largest absolute Gasteiger partial charge is 0.370 e. The van der Waals surface area contributed by atoms with Crippen LogP contribution >= 0.6 is 7.60 Å². The van der Waals surface area contributed by atoms with Gasteiger partial charge >= 0.3 is 7.60 Å². The van der Waals surface area contributed by atoms with Gasteiger partial charge in [-0.2, -0.15) is 0 Å². The molecular formula is C5H13O4P. The highest BCUT2D eigenvalue weighted by Crippen LogP contribution is 2.42. The second-order valence-electron chi connectivity index (χ2n) is 1.97. The van der Waals surface area contributed by atoms with Crippen LogP contribution in [0.5, 0.6) is 0 Å². The van der Waals surface area contributed by atoms with E-state index in [1.807, 2.05) is 6.92 Å². The van der Waals surface area contributed by atoms with Crippen LogP contribution in [-0.4, -0.2) is 23.0 Å². The Morgan fingerprint density at radius 1 is 1.60 bits per heavy atom. The monoisotopic (exact) mass is 168 g/mol. The summed E-state index contributed by atoms with van der Waals surface area (Å²) in [6, 6.07) is 0. The lowest BCUT2D eigenvalue weighted by Crippen LogP contribution is -1.95. The first-order chi connectivity index (χ1) is 4.62. The Balaban J connectivity index is 3.53. The third kappa shape index (κ3) is 4.94. The lowest BCUT2D eigenvalue weighted by Gasteiger charge is -2.07. The predicted octanol–water partition coefficient (Wildman–Crippen LogP) is 0.938. The van der Waals surface area contributed by atoms with Crippen molar-refractivity contribution in [2.24, 2.45) is 0 Å². The molecule has 0 amide bonds. The van der Waals surface area contributed by atoms with Crippen molar-refractivity contribution in [2.45, 2.75) is 19.8 Å². The average molecular weight is 168 g/mol. The Bertz CT molecular complexity index is 125. The summed E-state index contributed by atoms with van der Waals surface area (Å²) in [7, 11) is -3.46. The first kappa shape index (κ1) is 10.1. The molecule has 0 aromatic heterocycles. The molecule has 0 aliphatic carbocycles. The van der Waals surface area contributed by atoms with Gasteiger partial charge in [-0.3, -0.25) is 9.09 Å². The summed E-state index contributed by atoms with van der Waals surface area (Å²) >= 11 is 0. The van der Waals surface area contributed by atoms with Crippen molar-refractivity contribution >= 4 is 7.60 Å². The van der Waals surface area contributed by atoms with Crippen LogP contribution in [0.15, 0.2) is 0 Å². The van der Waals surface area contributed by atoms with Crippen LogP contribution in [0.1, 0.15) is 19.8 Å². The van der Waals surface area contributed by atoms with Crippen LogP contribution in [0, 0.1) is 0 Å². The van der Waals surface area contributed by atoms with Crippen molar-refractivity contribution < 1.29 is 19.1 Å². The van der Waals surface area contributed by atoms with Crippen LogP contribution in [-0.2, 0) is 9.09 Å². The molecule has 0 saturated heterocycles. The Labute approximate surface area is 60.4 Å². The van der Waals surface area contributed by atoms with Crippen molar-refractivity contribution in [3.63, 3.8) is 0 Å². The SMILES string of the molecule is CCCCP(=O)(O)OCO. The summed E-state index contributed by atoms with van der Waals surface area (Å²) in [6.07, 6.45) is 1.62. The van der Waals surface area contributed by atoms with Gasteiger partial charge in [0.2, 0.25) is 0 Å². The Morgan fingerprint density at radius 2 is 2.20 bits per heavy atom. The molecule has 4 nitrogen and oxygen atoms in total. The standard InChI is InChI=1S/C5H13O4P/c1-2-3-4-10(7,8)9-5-6/h6H,2-5H2,1H3,(H,7,8). The van der Waals surface area contributed by atoms with E-state index in [2.05, 4.69) is 4.52 Å². The molecule has 0 aliphatic heterocycles. The van der Waals surface area contributed by atoms with Crippen molar-refractivity contribution in [1.82, 2.24) is 0 Å².